The molecule has 0 bridgehead atoms. The summed E-state index contributed by atoms with van der Waals surface area (Å²) in [6, 6.07) is 6.10. The first kappa shape index (κ1) is 10.5. The summed E-state index contributed by atoms with van der Waals surface area (Å²) in [7, 11) is 0. The van der Waals surface area contributed by atoms with Crippen molar-refractivity contribution in [3.63, 3.8) is 0 Å². The molecule has 2 N–H and O–H groups in total. The Bertz CT molecular complexity index is 269. The topological polar surface area (TPSA) is 40.2 Å². The lowest BCUT2D eigenvalue weighted by molar-refractivity contribution is 0.228. The summed E-state index contributed by atoms with van der Waals surface area (Å²) in [5.74, 6) is 0. The molecule has 1 aromatic rings. The molecular weight excluding hydrogens is 188 g/mol. The van der Waals surface area contributed by atoms with E-state index >= 15 is 0 Å². The van der Waals surface area contributed by atoms with Gasteiger partial charge in [0.05, 0.1) is 0 Å². The average Bonchev–Trinajstić information content (AvgIpc) is 2.79. The highest BCUT2D eigenvalue weighted by atomic mass is 15.7. The minimum Gasteiger partial charge on any atom is -0.261 e. The van der Waals surface area contributed by atoms with Crippen molar-refractivity contribution in [3.8, 4) is 0 Å². The number of hydrogen-bond acceptors (Lipinski definition) is 4. The molecule has 0 aliphatic carbocycles. The van der Waals surface area contributed by atoms with Gasteiger partial charge in [0.15, 0.2) is 0 Å². The Hall–Kier alpha value is -0.970. The number of nitrogens with one attached hydrogen (secondary N) is 2. The normalized spacial score (nSPS) is 17.1. The Morgan fingerprint density at radius 2 is 2.33 bits per heavy atom. The van der Waals surface area contributed by atoms with E-state index < -0.39 is 0 Å². The van der Waals surface area contributed by atoms with Gasteiger partial charge in [0.2, 0.25) is 0 Å². The second-order valence-corrected chi connectivity index (χ2v) is 3.80. The van der Waals surface area contributed by atoms with Crippen LogP contribution in [0.25, 0.3) is 0 Å². The largest absolute Gasteiger partial charge is 0.261 e. The van der Waals surface area contributed by atoms with Crippen LogP contribution in [0.3, 0.4) is 0 Å². The van der Waals surface area contributed by atoms with Gasteiger partial charge in [-0.1, -0.05) is 6.07 Å². The molecule has 1 aliphatic heterocycles. The van der Waals surface area contributed by atoms with Crippen molar-refractivity contribution in [1.82, 2.24) is 21.0 Å². The van der Waals surface area contributed by atoms with Crippen molar-refractivity contribution >= 4 is 0 Å². The summed E-state index contributed by atoms with van der Waals surface area (Å²) in [5.41, 5.74) is 7.42. The maximum atomic E-state index is 4.31. The van der Waals surface area contributed by atoms with Crippen LogP contribution in [-0.4, -0.2) is 29.6 Å². The van der Waals surface area contributed by atoms with E-state index in [0.717, 1.165) is 26.1 Å². The summed E-state index contributed by atoms with van der Waals surface area (Å²) in [6.45, 7) is 3.25. The van der Waals surface area contributed by atoms with Crippen LogP contribution in [0.15, 0.2) is 24.4 Å². The molecule has 82 valence electrons. The van der Waals surface area contributed by atoms with Gasteiger partial charge < -0.3 is 0 Å². The quantitative estimate of drug-likeness (QED) is 0.697. The molecule has 15 heavy (non-hydrogen) atoms. The molecule has 0 radical (unpaired) electrons. The molecule has 1 aromatic heterocycles. The Morgan fingerprint density at radius 3 is 3.07 bits per heavy atom. The van der Waals surface area contributed by atoms with Crippen molar-refractivity contribution in [1.29, 1.82) is 0 Å². The maximum absolute atomic E-state index is 4.31. The molecule has 4 heteroatoms. The van der Waals surface area contributed by atoms with E-state index in [1.54, 1.807) is 0 Å². The number of hydrogen-bond donors (Lipinski definition) is 2. The number of aromatic nitrogens is 1. The first-order chi connectivity index (χ1) is 7.45. The number of hydrazine groups is 2. The Kier molecular flexibility index (Phi) is 4.08. The monoisotopic (exact) mass is 206 g/mol. The minimum absolute atomic E-state index is 1.04. The summed E-state index contributed by atoms with van der Waals surface area (Å²) in [4.78, 5) is 4.31. The molecule has 0 aromatic carbocycles. The smallest absolute Gasteiger partial charge is 0.0403 e. The van der Waals surface area contributed by atoms with Crippen LogP contribution in [-0.2, 0) is 6.42 Å². The lowest BCUT2D eigenvalue weighted by Crippen LogP contribution is -2.36. The fourth-order valence-corrected chi connectivity index (χ4v) is 1.74. The first-order valence-corrected chi connectivity index (χ1v) is 5.58. The zero-order chi connectivity index (χ0) is 10.3. The van der Waals surface area contributed by atoms with E-state index in [2.05, 4.69) is 27.0 Å². The fraction of sp³-hybridized carbons (Fsp3) is 0.545. The second-order valence-electron chi connectivity index (χ2n) is 3.80. The van der Waals surface area contributed by atoms with Crippen LogP contribution in [0.5, 0.6) is 0 Å². The highest BCUT2D eigenvalue weighted by Gasteiger charge is 2.08. The van der Waals surface area contributed by atoms with E-state index in [4.69, 9.17) is 0 Å². The standard InChI is InChI=1S/C11H18N4/c1-3-7-12-11(5-1)6-2-4-9-15-10-8-13-14-15/h1,3,5,7,13-14H,2,4,6,8-10H2. The Balaban J connectivity index is 1.59. The Morgan fingerprint density at radius 1 is 1.33 bits per heavy atom. The highest BCUT2D eigenvalue weighted by Crippen LogP contribution is 2.02. The third-order valence-electron chi connectivity index (χ3n) is 2.58. The number of unbranched alkanes of at least 4 members (excludes halogenated alkanes) is 1. The number of nitrogens with zero attached hydrogens (tertiary/aromatic N) is 2. The third kappa shape index (κ3) is 3.58. The van der Waals surface area contributed by atoms with Crippen molar-refractivity contribution in [2.24, 2.45) is 0 Å². The molecule has 0 spiro atoms. The summed E-state index contributed by atoms with van der Waals surface area (Å²) < 4.78 is 0. The van der Waals surface area contributed by atoms with Crippen molar-refractivity contribution in [3.05, 3.63) is 30.1 Å². The summed E-state index contributed by atoms with van der Waals surface area (Å²) >= 11 is 0. The van der Waals surface area contributed by atoms with Crippen LogP contribution >= 0.6 is 0 Å². The molecule has 0 unspecified atom stereocenters. The van der Waals surface area contributed by atoms with Crippen LogP contribution < -0.4 is 11.0 Å². The van der Waals surface area contributed by atoms with Gasteiger partial charge in [0.1, 0.15) is 0 Å². The average molecular weight is 206 g/mol. The molecular formula is C11H18N4. The maximum Gasteiger partial charge on any atom is 0.0403 e. The zero-order valence-corrected chi connectivity index (χ0v) is 8.95. The van der Waals surface area contributed by atoms with Gasteiger partial charge >= 0.3 is 0 Å². The zero-order valence-electron chi connectivity index (χ0n) is 8.95. The Labute approximate surface area is 90.6 Å². The molecule has 0 amide bonds. The summed E-state index contributed by atoms with van der Waals surface area (Å²) in [6.07, 6.45) is 5.36. The molecule has 2 heterocycles. The van der Waals surface area contributed by atoms with E-state index in [-0.39, 0.29) is 0 Å². The van der Waals surface area contributed by atoms with Gasteiger partial charge in [0, 0.05) is 31.5 Å². The van der Waals surface area contributed by atoms with Crippen molar-refractivity contribution in [2.75, 3.05) is 19.6 Å². The molecule has 1 fully saturated rings. The molecule has 2 rings (SSSR count). The number of rotatable bonds is 5. The number of pyridine rings is 1. The van der Waals surface area contributed by atoms with Crippen LogP contribution in [0.2, 0.25) is 0 Å². The van der Waals surface area contributed by atoms with E-state index in [0.29, 0.717) is 0 Å². The van der Waals surface area contributed by atoms with Crippen LogP contribution in [0.1, 0.15) is 18.5 Å². The molecule has 0 saturated carbocycles. The predicted molar refractivity (Wildman–Crippen MR) is 59.9 cm³/mol. The molecule has 1 aliphatic rings. The molecule has 4 nitrogen and oxygen atoms in total. The van der Waals surface area contributed by atoms with E-state index in [9.17, 15) is 0 Å². The van der Waals surface area contributed by atoms with Gasteiger partial charge in [-0.25, -0.2) is 10.4 Å². The van der Waals surface area contributed by atoms with Crippen LogP contribution in [0.4, 0.5) is 0 Å². The fourth-order valence-electron chi connectivity index (χ4n) is 1.74. The molecule has 1 saturated heterocycles. The summed E-state index contributed by atoms with van der Waals surface area (Å²) in [5, 5.41) is 2.22. The number of aryl methyl sites for hydroxylation is 1. The van der Waals surface area contributed by atoms with Gasteiger partial charge in [0.25, 0.3) is 0 Å². The highest BCUT2D eigenvalue weighted by molar-refractivity contribution is 5.03. The third-order valence-corrected chi connectivity index (χ3v) is 2.58. The second kappa shape index (κ2) is 5.80. The van der Waals surface area contributed by atoms with Gasteiger partial charge in [-0.15, -0.1) is 0 Å². The van der Waals surface area contributed by atoms with Crippen LogP contribution in [0, 0.1) is 0 Å². The van der Waals surface area contributed by atoms with Crippen molar-refractivity contribution < 1.29 is 0 Å². The SMILES string of the molecule is c1ccc(CCCCN2CCNN2)nc1. The van der Waals surface area contributed by atoms with Crippen molar-refractivity contribution in [2.45, 2.75) is 19.3 Å². The lowest BCUT2D eigenvalue weighted by Gasteiger charge is -2.13. The lowest BCUT2D eigenvalue weighted by atomic mass is 10.2. The van der Waals surface area contributed by atoms with Gasteiger partial charge in [-0.3, -0.25) is 4.98 Å². The van der Waals surface area contributed by atoms with Gasteiger partial charge in [-0.2, -0.15) is 5.53 Å². The van der Waals surface area contributed by atoms with Gasteiger partial charge in [-0.05, 0) is 31.4 Å². The van der Waals surface area contributed by atoms with E-state index in [1.165, 1.54) is 18.5 Å². The predicted octanol–water partition coefficient (Wildman–Crippen LogP) is 0.729. The first-order valence-electron chi connectivity index (χ1n) is 5.58. The molecule has 0 atom stereocenters. The minimum atomic E-state index is 1.04. The van der Waals surface area contributed by atoms with E-state index in [1.807, 2.05) is 18.3 Å².